The van der Waals surface area contributed by atoms with Gasteiger partial charge >= 0.3 is 0 Å². The zero-order valence-electron chi connectivity index (χ0n) is 18.9. The Morgan fingerprint density at radius 3 is 2.97 bits per heavy atom. The first-order valence-electron chi connectivity index (χ1n) is 11.7. The van der Waals surface area contributed by atoms with Gasteiger partial charge in [-0.1, -0.05) is 30.8 Å². The Labute approximate surface area is 186 Å². The van der Waals surface area contributed by atoms with Crippen molar-refractivity contribution in [3.63, 3.8) is 0 Å². The van der Waals surface area contributed by atoms with E-state index in [0.29, 0.717) is 18.1 Å². The van der Waals surface area contributed by atoms with E-state index in [4.69, 9.17) is 4.98 Å². The van der Waals surface area contributed by atoms with Gasteiger partial charge in [-0.25, -0.2) is 0 Å². The van der Waals surface area contributed by atoms with Crippen molar-refractivity contribution < 1.29 is 0 Å². The molecule has 0 spiro atoms. The van der Waals surface area contributed by atoms with Gasteiger partial charge in [0.05, 0.1) is 17.8 Å². The standard InChI is InChI=1S/C26H35N5/c1-18-15-30(2)17-24(29-18)22-10-4-8-20-14-28-21(13-23(20)22)16-31(3)25-11-5-7-19-9-6-12-27-26(19)25/h4,6,8-10,12,21,24-25,28-29H,1,5,7,11,13-17H2,2-3H3/t21-,24?,25+/m1/s1. The van der Waals surface area contributed by atoms with E-state index in [-0.39, 0.29) is 0 Å². The first kappa shape index (κ1) is 20.7. The average Bonchev–Trinajstić information content (AvgIpc) is 2.77. The minimum Gasteiger partial charge on any atom is -0.380 e. The number of likely N-dealkylation sites (N-methyl/N-ethyl adjacent to an activating group) is 2. The van der Waals surface area contributed by atoms with Crippen molar-refractivity contribution in [2.75, 3.05) is 33.7 Å². The van der Waals surface area contributed by atoms with Crippen molar-refractivity contribution in [1.82, 2.24) is 25.4 Å². The second-order valence-corrected chi connectivity index (χ2v) is 9.66. The third-order valence-corrected chi connectivity index (χ3v) is 7.26. The number of aryl methyl sites for hydroxylation is 1. The number of benzene rings is 1. The molecule has 1 fully saturated rings. The van der Waals surface area contributed by atoms with E-state index in [1.54, 1.807) is 0 Å². The van der Waals surface area contributed by atoms with Crippen molar-refractivity contribution in [2.24, 2.45) is 0 Å². The highest BCUT2D eigenvalue weighted by atomic mass is 15.2. The molecule has 3 heterocycles. The molecule has 1 unspecified atom stereocenters. The molecule has 164 valence electrons. The highest BCUT2D eigenvalue weighted by Gasteiger charge is 2.30. The molecule has 1 aromatic carbocycles. The van der Waals surface area contributed by atoms with Crippen LogP contribution in [0.5, 0.6) is 0 Å². The van der Waals surface area contributed by atoms with E-state index < -0.39 is 0 Å². The molecule has 5 rings (SSSR count). The fourth-order valence-corrected chi connectivity index (χ4v) is 5.80. The molecule has 1 saturated heterocycles. The molecular weight excluding hydrogens is 382 g/mol. The molecule has 0 radical (unpaired) electrons. The Bertz CT molecular complexity index is 955. The number of nitrogens with one attached hydrogen (secondary N) is 2. The van der Waals surface area contributed by atoms with Crippen LogP contribution in [0.4, 0.5) is 0 Å². The predicted octanol–water partition coefficient (Wildman–Crippen LogP) is 3.20. The van der Waals surface area contributed by atoms with Crippen LogP contribution in [-0.4, -0.2) is 54.6 Å². The smallest absolute Gasteiger partial charge is 0.0641 e. The third kappa shape index (κ3) is 4.27. The molecule has 2 aromatic rings. The zero-order valence-corrected chi connectivity index (χ0v) is 18.9. The van der Waals surface area contributed by atoms with E-state index in [1.807, 2.05) is 6.20 Å². The molecule has 3 atom stereocenters. The van der Waals surface area contributed by atoms with Crippen molar-refractivity contribution in [3.05, 3.63) is 76.8 Å². The van der Waals surface area contributed by atoms with Gasteiger partial charge in [-0.15, -0.1) is 0 Å². The lowest BCUT2D eigenvalue weighted by Crippen LogP contribution is -2.46. The van der Waals surface area contributed by atoms with E-state index in [9.17, 15) is 0 Å². The summed E-state index contributed by atoms with van der Waals surface area (Å²) in [4.78, 5) is 9.65. The Hall–Kier alpha value is -2.21. The highest BCUT2D eigenvalue weighted by Crippen LogP contribution is 2.33. The quantitative estimate of drug-likeness (QED) is 0.800. The number of fused-ring (bicyclic) bond motifs is 2. The SMILES string of the molecule is C=C1CN(C)CC(c2cccc3c2C[C@H](CN(C)[C@H]2CCCc4cccnc42)NC3)N1. The van der Waals surface area contributed by atoms with E-state index in [0.717, 1.165) is 38.3 Å². The molecule has 5 heteroatoms. The van der Waals surface area contributed by atoms with Crippen LogP contribution in [0.15, 0.2) is 48.8 Å². The summed E-state index contributed by atoms with van der Waals surface area (Å²) in [5.41, 5.74) is 8.27. The summed E-state index contributed by atoms with van der Waals surface area (Å²) in [5.74, 6) is 0. The van der Waals surface area contributed by atoms with Crippen LogP contribution in [0, 0.1) is 0 Å². The number of nitrogens with zero attached hydrogens (tertiary/aromatic N) is 3. The Morgan fingerprint density at radius 2 is 2.10 bits per heavy atom. The number of pyridine rings is 1. The third-order valence-electron chi connectivity index (χ3n) is 7.26. The van der Waals surface area contributed by atoms with Crippen molar-refractivity contribution in [2.45, 2.75) is 50.4 Å². The Kier molecular flexibility index (Phi) is 5.83. The lowest BCUT2D eigenvalue weighted by Gasteiger charge is -2.38. The number of aromatic nitrogens is 1. The van der Waals surface area contributed by atoms with Gasteiger partial charge in [-0.3, -0.25) is 14.8 Å². The van der Waals surface area contributed by atoms with Crippen LogP contribution < -0.4 is 10.6 Å². The molecule has 2 aliphatic heterocycles. The van der Waals surface area contributed by atoms with E-state index >= 15 is 0 Å². The van der Waals surface area contributed by atoms with Gasteiger partial charge in [0.15, 0.2) is 0 Å². The first-order chi connectivity index (χ1) is 15.1. The Morgan fingerprint density at radius 1 is 1.23 bits per heavy atom. The maximum Gasteiger partial charge on any atom is 0.0641 e. The monoisotopic (exact) mass is 417 g/mol. The second kappa shape index (κ2) is 8.73. The summed E-state index contributed by atoms with van der Waals surface area (Å²) >= 11 is 0. The summed E-state index contributed by atoms with van der Waals surface area (Å²) in [7, 11) is 4.46. The maximum atomic E-state index is 4.76. The summed E-state index contributed by atoms with van der Waals surface area (Å²) in [6, 6.07) is 12.4. The molecule has 0 saturated carbocycles. The number of hydrogen-bond acceptors (Lipinski definition) is 5. The predicted molar refractivity (Wildman–Crippen MR) is 126 cm³/mol. The van der Waals surface area contributed by atoms with E-state index in [2.05, 4.69) is 71.4 Å². The van der Waals surface area contributed by atoms with E-state index in [1.165, 1.54) is 47.2 Å². The van der Waals surface area contributed by atoms with Crippen LogP contribution in [0.1, 0.15) is 52.9 Å². The van der Waals surface area contributed by atoms with Crippen molar-refractivity contribution >= 4 is 0 Å². The van der Waals surface area contributed by atoms with Gasteiger partial charge in [0.25, 0.3) is 0 Å². The lowest BCUT2D eigenvalue weighted by atomic mass is 9.87. The molecule has 5 nitrogen and oxygen atoms in total. The van der Waals surface area contributed by atoms with Gasteiger partial charge < -0.3 is 10.6 Å². The van der Waals surface area contributed by atoms with Gasteiger partial charge in [0, 0.05) is 44.1 Å². The number of rotatable bonds is 4. The van der Waals surface area contributed by atoms with Gasteiger partial charge in [-0.05, 0) is 68.1 Å². The van der Waals surface area contributed by atoms with Gasteiger partial charge in [-0.2, -0.15) is 0 Å². The topological polar surface area (TPSA) is 43.4 Å². The molecule has 2 N–H and O–H groups in total. The molecule has 0 bridgehead atoms. The largest absolute Gasteiger partial charge is 0.380 e. The molecular formula is C26H35N5. The average molecular weight is 418 g/mol. The number of hydrogen-bond donors (Lipinski definition) is 2. The minimum atomic E-state index is 0.326. The Balaban J connectivity index is 1.33. The normalized spacial score (nSPS) is 26.3. The fourth-order valence-electron chi connectivity index (χ4n) is 5.80. The van der Waals surface area contributed by atoms with Crippen LogP contribution in [0.25, 0.3) is 0 Å². The molecule has 31 heavy (non-hydrogen) atoms. The van der Waals surface area contributed by atoms with Crippen LogP contribution >= 0.6 is 0 Å². The van der Waals surface area contributed by atoms with Gasteiger partial charge in [0.2, 0.25) is 0 Å². The maximum absolute atomic E-state index is 4.76. The zero-order chi connectivity index (χ0) is 21.4. The van der Waals surface area contributed by atoms with Gasteiger partial charge in [0.1, 0.15) is 0 Å². The van der Waals surface area contributed by atoms with Crippen LogP contribution in [0.3, 0.4) is 0 Å². The number of piperazine rings is 1. The van der Waals surface area contributed by atoms with Crippen molar-refractivity contribution in [3.8, 4) is 0 Å². The molecule has 0 amide bonds. The minimum absolute atomic E-state index is 0.326. The molecule has 3 aliphatic rings. The molecule has 1 aromatic heterocycles. The first-order valence-corrected chi connectivity index (χ1v) is 11.7. The summed E-state index contributed by atoms with van der Waals surface area (Å²) in [6.07, 6.45) is 6.65. The lowest BCUT2D eigenvalue weighted by molar-refractivity contribution is 0.190. The highest BCUT2D eigenvalue weighted by molar-refractivity contribution is 5.40. The summed E-state index contributed by atoms with van der Waals surface area (Å²) in [5, 5.41) is 7.46. The summed E-state index contributed by atoms with van der Waals surface area (Å²) < 4.78 is 0. The van der Waals surface area contributed by atoms with Crippen molar-refractivity contribution in [1.29, 1.82) is 0 Å². The second-order valence-electron chi connectivity index (χ2n) is 9.66. The molecule has 1 aliphatic carbocycles. The van der Waals surface area contributed by atoms with Crippen LogP contribution in [0.2, 0.25) is 0 Å². The van der Waals surface area contributed by atoms with Crippen LogP contribution in [-0.2, 0) is 19.4 Å². The summed E-state index contributed by atoms with van der Waals surface area (Å²) in [6.45, 7) is 8.14. The fraction of sp³-hybridized carbons (Fsp3) is 0.500.